The fourth-order valence-electron chi connectivity index (χ4n) is 2.74. The third-order valence-corrected chi connectivity index (χ3v) is 4.26. The molecule has 3 aromatic rings. The van der Waals surface area contributed by atoms with Gasteiger partial charge in [0.1, 0.15) is 42.6 Å². The largest absolute Gasteiger partial charge is 0.490 e. The van der Waals surface area contributed by atoms with Crippen LogP contribution in [0.1, 0.15) is 20.7 Å². The van der Waals surface area contributed by atoms with Gasteiger partial charge in [0.15, 0.2) is 0 Å². The fourth-order valence-corrected chi connectivity index (χ4v) is 2.74. The molecule has 7 nitrogen and oxygen atoms in total. The molecule has 0 bridgehead atoms. The number of esters is 2. The average Bonchev–Trinajstić information content (AvgIpc) is 2.83. The molecular weight excluding hydrogens is 412 g/mol. The van der Waals surface area contributed by atoms with Gasteiger partial charge in [-0.05, 0) is 42.5 Å². The highest BCUT2D eigenvalue weighted by molar-refractivity contribution is 5.94. The van der Waals surface area contributed by atoms with Gasteiger partial charge in [0.05, 0.1) is 12.2 Å². The normalized spacial score (nSPS) is 10.3. The lowest BCUT2D eigenvalue weighted by atomic mass is 10.2. The zero-order chi connectivity index (χ0) is 22.6. The summed E-state index contributed by atoms with van der Waals surface area (Å²) in [5.74, 6) is 0.212. The number of hydrogen-bond donors (Lipinski definition) is 0. The predicted molar refractivity (Wildman–Crippen MR) is 117 cm³/mol. The van der Waals surface area contributed by atoms with Gasteiger partial charge in [-0.2, -0.15) is 0 Å². The summed E-state index contributed by atoms with van der Waals surface area (Å²) in [5, 5.41) is 0. The summed E-state index contributed by atoms with van der Waals surface area (Å²) in [6, 6.07) is 22.4. The van der Waals surface area contributed by atoms with Gasteiger partial charge in [-0.3, -0.25) is 0 Å². The van der Waals surface area contributed by atoms with Crippen LogP contribution in [0.5, 0.6) is 17.2 Å². The first-order valence-electron chi connectivity index (χ1n) is 10.1. The summed E-state index contributed by atoms with van der Waals surface area (Å²) in [5.41, 5.74) is 0.536. The number of hydrogen-bond acceptors (Lipinski definition) is 7. The summed E-state index contributed by atoms with van der Waals surface area (Å²) in [4.78, 5) is 24.8. The Morgan fingerprint density at radius 3 is 2.22 bits per heavy atom. The third kappa shape index (κ3) is 6.85. The average molecular weight is 436 g/mol. The Kier molecular flexibility index (Phi) is 8.65. The molecule has 166 valence electrons. The molecule has 0 spiro atoms. The zero-order valence-corrected chi connectivity index (χ0v) is 17.7. The second kappa shape index (κ2) is 12.1. The van der Waals surface area contributed by atoms with Gasteiger partial charge >= 0.3 is 11.9 Å². The molecule has 0 N–H and O–H groups in total. The van der Waals surface area contributed by atoms with E-state index >= 15 is 0 Å². The minimum absolute atomic E-state index is 0.137. The van der Waals surface area contributed by atoms with Crippen molar-refractivity contribution >= 4 is 11.9 Å². The molecular formula is C25H24O7. The highest BCUT2D eigenvalue weighted by Gasteiger charge is 2.16. The Labute approximate surface area is 186 Å². The maximum atomic E-state index is 12.7. The van der Waals surface area contributed by atoms with Crippen LogP contribution in [-0.4, -0.2) is 45.5 Å². The smallest absolute Gasteiger partial charge is 0.347 e. The molecule has 0 fully saturated rings. The van der Waals surface area contributed by atoms with E-state index in [2.05, 4.69) is 0 Å². The Balaban J connectivity index is 1.58. The first kappa shape index (κ1) is 22.8. The van der Waals surface area contributed by atoms with Crippen LogP contribution in [0.25, 0.3) is 0 Å². The lowest BCUT2D eigenvalue weighted by molar-refractivity contribution is 0.0387. The number of para-hydroxylation sites is 2. The second-order valence-electron chi connectivity index (χ2n) is 6.55. The molecule has 0 saturated carbocycles. The molecule has 0 amide bonds. The Morgan fingerprint density at radius 1 is 0.688 bits per heavy atom. The molecule has 3 rings (SSSR count). The molecule has 0 aromatic heterocycles. The summed E-state index contributed by atoms with van der Waals surface area (Å²) in [6.07, 6.45) is 0. The molecule has 0 heterocycles. The van der Waals surface area contributed by atoms with Crippen molar-refractivity contribution in [3.63, 3.8) is 0 Å². The Bertz CT molecular complexity index is 1020. The summed E-state index contributed by atoms with van der Waals surface area (Å²) in [6.45, 7) is 1.01. The van der Waals surface area contributed by atoms with Crippen LogP contribution in [0.4, 0.5) is 0 Å². The number of ether oxygens (including phenoxy) is 5. The van der Waals surface area contributed by atoms with E-state index in [1.807, 2.05) is 30.3 Å². The first-order chi connectivity index (χ1) is 15.7. The van der Waals surface area contributed by atoms with Crippen LogP contribution < -0.4 is 14.2 Å². The molecule has 3 aromatic carbocycles. The standard InChI is InChI=1S/C25H24O7/c1-28-14-15-31-24(26)19-8-7-11-21(18-19)32-25(27)22-12-5-6-13-23(22)30-17-16-29-20-9-3-2-4-10-20/h2-13,18H,14-17H2,1H3. The number of methoxy groups -OCH3 is 1. The predicted octanol–water partition coefficient (Wildman–Crippen LogP) is 4.17. The van der Waals surface area contributed by atoms with E-state index in [1.165, 1.54) is 13.2 Å². The quantitative estimate of drug-likeness (QED) is 0.254. The van der Waals surface area contributed by atoms with E-state index < -0.39 is 11.9 Å². The number of carbonyl (C=O) groups excluding carboxylic acids is 2. The number of carbonyl (C=O) groups is 2. The van der Waals surface area contributed by atoms with Crippen LogP contribution in [0.15, 0.2) is 78.9 Å². The molecule has 0 unspecified atom stereocenters. The van der Waals surface area contributed by atoms with E-state index in [4.69, 9.17) is 23.7 Å². The van der Waals surface area contributed by atoms with Crippen LogP contribution in [0, 0.1) is 0 Å². The van der Waals surface area contributed by atoms with Gasteiger partial charge in [0.2, 0.25) is 0 Å². The monoisotopic (exact) mass is 436 g/mol. The third-order valence-electron chi connectivity index (χ3n) is 4.26. The van der Waals surface area contributed by atoms with Crippen molar-refractivity contribution in [2.75, 3.05) is 33.5 Å². The minimum Gasteiger partial charge on any atom is -0.490 e. The highest BCUT2D eigenvalue weighted by atomic mass is 16.6. The van der Waals surface area contributed by atoms with Crippen LogP contribution in [0.3, 0.4) is 0 Å². The van der Waals surface area contributed by atoms with Crippen molar-refractivity contribution in [1.82, 2.24) is 0 Å². The number of benzene rings is 3. The maximum Gasteiger partial charge on any atom is 0.347 e. The summed E-state index contributed by atoms with van der Waals surface area (Å²) < 4.78 is 26.7. The topological polar surface area (TPSA) is 80.3 Å². The molecule has 0 aliphatic carbocycles. The van der Waals surface area contributed by atoms with Crippen molar-refractivity contribution in [3.8, 4) is 17.2 Å². The van der Waals surface area contributed by atoms with Crippen molar-refractivity contribution < 1.29 is 33.3 Å². The molecule has 0 saturated heterocycles. The SMILES string of the molecule is COCCOC(=O)c1cccc(OC(=O)c2ccccc2OCCOc2ccccc2)c1. The van der Waals surface area contributed by atoms with Gasteiger partial charge < -0.3 is 23.7 Å². The number of rotatable bonds is 11. The first-order valence-corrected chi connectivity index (χ1v) is 10.1. The Morgan fingerprint density at radius 2 is 1.41 bits per heavy atom. The van der Waals surface area contributed by atoms with Crippen molar-refractivity contribution in [2.45, 2.75) is 0 Å². The van der Waals surface area contributed by atoms with Crippen molar-refractivity contribution in [2.24, 2.45) is 0 Å². The van der Waals surface area contributed by atoms with Crippen LogP contribution in [0.2, 0.25) is 0 Å². The summed E-state index contributed by atoms with van der Waals surface area (Å²) in [7, 11) is 1.52. The lowest BCUT2D eigenvalue weighted by Gasteiger charge is -2.12. The van der Waals surface area contributed by atoms with Gasteiger partial charge in [-0.15, -0.1) is 0 Å². The molecule has 32 heavy (non-hydrogen) atoms. The minimum atomic E-state index is -0.602. The van der Waals surface area contributed by atoms with Crippen molar-refractivity contribution in [3.05, 3.63) is 90.0 Å². The van der Waals surface area contributed by atoms with E-state index in [0.717, 1.165) is 5.75 Å². The van der Waals surface area contributed by atoms with Gasteiger partial charge in [0, 0.05) is 7.11 Å². The molecule has 7 heteroatoms. The maximum absolute atomic E-state index is 12.7. The van der Waals surface area contributed by atoms with Crippen LogP contribution in [-0.2, 0) is 9.47 Å². The Hall–Kier alpha value is -3.84. The van der Waals surface area contributed by atoms with Gasteiger partial charge in [-0.1, -0.05) is 36.4 Å². The molecule has 0 aliphatic rings. The highest BCUT2D eigenvalue weighted by Crippen LogP contribution is 2.22. The molecule has 0 radical (unpaired) electrons. The van der Waals surface area contributed by atoms with E-state index in [0.29, 0.717) is 19.0 Å². The van der Waals surface area contributed by atoms with Crippen LogP contribution >= 0.6 is 0 Å². The molecule has 0 atom stereocenters. The van der Waals surface area contributed by atoms with Crippen molar-refractivity contribution in [1.29, 1.82) is 0 Å². The fraction of sp³-hybridized carbons (Fsp3) is 0.200. The zero-order valence-electron chi connectivity index (χ0n) is 17.7. The summed E-state index contributed by atoms with van der Waals surface area (Å²) >= 11 is 0. The second-order valence-corrected chi connectivity index (χ2v) is 6.55. The van der Waals surface area contributed by atoms with Gasteiger partial charge in [0.25, 0.3) is 0 Å². The lowest BCUT2D eigenvalue weighted by Crippen LogP contribution is -2.14. The van der Waals surface area contributed by atoms with E-state index in [1.54, 1.807) is 42.5 Å². The van der Waals surface area contributed by atoms with E-state index in [9.17, 15) is 9.59 Å². The van der Waals surface area contributed by atoms with E-state index in [-0.39, 0.29) is 30.1 Å². The van der Waals surface area contributed by atoms with Gasteiger partial charge in [-0.25, -0.2) is 9.59 Å². The molecule has 0 aliphatic heterocycles.